The van der Waals surface area contributed by atoms with Crippen molar-refractivity contribution in [2.75, 3.05) is 6.54 Å². The zero-order chi connectivity index (χ0) is 16.6. The normalized spacial score (nSPS) is 17.6. The Balaban J connectivity index is 1.96. The molecule has 1 amide bonds. The van der Waals surface area contributed by atoms with Gasteiger partial charge >= 0.3 is 0 Å². The SMILES string of the molecule is O=C(c1cc(F)c(F)cc1Cl)N1CCC[C@H]1c1ccccc1F. The van der Waals surface area contributed by atoms with Gasteiger partial charge in [-0.3, -0.25) is 4.79 Å². The fraction of sp³-hybridized carbons (Fsp3) is 0.235. The van der Waals surface area contributed by atoms with E-state index in [1.807, 2.05) is 0 Å². The third-order valence-corrected chi connectivity index (χ3v) is 4.33. The number of hydrogen-bond donors (Lipinski definition) is 0. The maximum atomic E-state index is 14.0. The van der Waals surface area contributed by atoms with Crippen LogP contribution in [0.3, 0.4) is 0 Å². The molecule has 1 aliphatic rings. The summed E-state index contributed by atoms with van der Waals surface area (Å²) < 4.78 is 40.6. The first-order chi connectivity index (χ1) is 11.0. The third kappa shape index (κ3) is 2.93. The largest absolute Gasteiger partial charge is 0.331 e. The Morgan fingerprint density at radius 1 is 1.09 bits per heavy atom. The Bertz CT molecular complexity index is 765. The number of likely N-dealkylation sites (tertiary alicyclic amines) is 1. The summed E-state index contributed by atoms with van der Waals surface area (Å²) in [4.78, 5) is 14.1. The van der Waals surface area contributed by atoms with Crippen molar-refractivity contribution in [2.45, 2.75) is 18.9 Å². The molecule has 2 nitrogen and oxygen atoms in total. The quantitative estimate of drug-likeness (QED) is 0.724. The molecular formula is C17H13ClF3NO. The zero-order valence-corrected chi connectivity index (χ0v) is 12.8. The molecule has 0 radical (unpaired) electrons. The topological polar surface area (TPSA) is 20.3 Å². The molecule has 6 heteroatoms. The van der Waals surface area contributed by atoms with Gasteiger partial charge in [0.15, 0.2) is 11.6 Å². The number of hydrogen-bond acceptors (Lipinski definition) is 1. The van der Waals surface area contributed by atoms with E-state index in [0.717, 1.165) is 12.1 Å². The van der Waals surface area contributed by atoms with Gasteiger partial charge in [-0.15, -0.1) is 0 Å². The van der Waals surface area contributed by atoms with E-state index in [0.29, 0.717) is 24.9 Å². The van der Waals surface area contributed by atoms with Gasteiger partial charge in [0.05, 0.1) is 16.6 Å². The summed E-state index contributed by atoms with van der Waals surface area (Å²) in [6.07, 6.45) is 1.31. The summed E-state index contributed by atoms with van der Waals surface area (Å²) >= 11 is 5.87. The lowest BCUT2D eigenvalue weighted by molar-refractivity contribution is 0.0733. The Morgan fingerprint density at radius 3 is 2.52 bits per heavy atom. The maximum absolute atomic E-state index is 14.0. The molecule has 2 aromatic rings. The van der Waals surface area contributed by atoms with Crippen molar-refractivity contribution < 1.29 is 18.0 Å². The van der Waals surface area contributed by atoms with Crippen molar-refractivity contribution in [2.24, 2.45) is 0 Å². The van der Waals surface area contributed by atoms with Gasteiger partial charge in [0.2, 0.25) is 0 Å². The maximum Gasteiger partial charge on any atom is 0.255 e. The van der Waals surface area contributed by atoms with Crippen molar-refractivity contribution in [3.05, 3.63) is 70.0 Å². The summed E-state index contributed by atoms with van der Waals surface area (Å²) in [5.41, 5.74) is 0.297. The van der Waals surface area contributed by atoms with Crippen LogP contribution in [0.5, 0.6) is 0 Å². The zero-order valence-electron chi connectivity index (χ0n) is 12.0. The highest BCUT2D eigenvalue weighted by Gasteiger charge is 2.33. The van der Waals surface area contributed by atoms with Gasteiger partial charge in [-0.1, -0.05) is 29.8 Å². The Morgan fingerprint density at radius 2 is 1.78 bits per heavy atom. The van der Waals surface area contributed by atoms with Gasteiger partial charge in [-0.05, 0) is 31.0 Å². The first-order valence-electron chi connectivity index (χ1n) is 7.19. The first kappa shape index (κ1) is 15.9. The Kier molecular flexibility index (Phi) is 4.31. The van der Waals surface area contributed by atoms with E-state index >= 15 is 0 Å². The van der Waals surface area contributed by atoms with E-state index in [1.165, 1.54) is 11.0 Å². The van der Waals surface area contributed by atoms with Gasteiger partial charge in [-0.25, -0.2) is 13.2 Å². The number of benzene rings is 2. The van der Waals surface area contributed by atoms with E-state index in [4.69, 9.17) is 11.6 Å². The Labute approximate surface area is 136 Å². The van der Waals surface area contributed by atoms with Gasteiger partial charge in [-0.2, -0.15) is 0 Å². The molecule has 3 rings (SSSR count). The standard InChI is InChI=1S/C17H13ClF3NO/c18-12-9-15(21)14(20)8-11(12)17(23)22-7-3-6-16(22)10-4-1-2-5-13(10)19/h1-2,4-5,8-9,16H,3,6-7H2/t16-/m0/s1. The van der Waals surface area contributed by atoms with Crippen molar-refractivity contribution in [3.8, 4) is 0 Å². The molecule has 0 aliphatic carbocycles. The lowest BCUT2D eigenvalue weighted by Gasteiger charge is -2.26. The van der Waals surface area contributed by atoms with Crippen molar-refractivity contribution in [3.63, 3.8) is 0 Å². The van der Waals surface area contributed by atoms with E-state index in [1.54, 1.807) is 18.2 Å². The number of halogens is 4. The molecule has 1 atom stereocenters. The molecule has 0 unspecified atom stereocenters. The monoisotopic (exact) mass is 339 g/mol. The van der Waals surface area contributed by atoms with Gasteiger partial charge < -0.3 is 4.90 Å². The summed E-state index contributed by atoms with van der Waals surface area (Å²) in [5, 5.41) is -0.159. The number of carbonyl (C=O) groups is 1. The number of carbonyl (C=O) groups excluding carboxylic acids is 1. The molecule has 2 aromatic carbocycles. The summed E-state index contributed by atoms with van der Waals surface area (Å²) in [5.74, 6) is -3.17. The second kappa shape index (κ2) is 6.24. The molecule has 0 N–H and O–H groups in total. The fourth-order valence-electron chi connectivity index (χ4n) is 2.92. The molecule has 1 aliphatic heterocycles. The highest BCUT2D eigenvalue weighted by molar-refractivity contribution is 6.33. The van der Waals surface area contributed by atoms with Crippen LogP contribution in [0.1, 0.15) is 34.8 Å². The number of nitrogens with zero attached hydrogens (tertiary/aromatic N) is 1. The van der Waals surface area contributed by atoms with Crippen LogP contribution >= 0.6 is 11.6 Å². The van der Waals surface area contributed by atoms with Crippen molar-refractivity contribution in [1.29, 1.82) is 0 Å². The van der Waals surface area contributed by atoms with Crippen molar-refractivity contribution in [1.82, 2.24) is 4.90 Å². The molecule has 1 fully saturated rings. The van der Waals surface area contributed by atoms with Gasteiger partial charge in [0.25, 0.3) is 5.91 Å². The van der Waals surface area contributed by atoms with Crippen LogP contribution in [0.2, 0.25) is 5.02 Å². The van der Waals surface area contributed by atoms with Crippen LogP contribution in [-0.4, -0.2) is 17.4 Å². The predicted octanol–water partition coefficient (Wildman–Crippen LogP) is 4.73. The molecular weight excluding hydrogens is 327 g/mol. The molecule has 1 saturated heterocycles. The summed E-state index contributed by atoms with van der Waals surface area (Å²) in [7, 11) is 0. The molecule has 120 valence electrons. The molecule has 1 heterocycles. The average molecular weight is 340 g/mol. The number of amides is 1. The van der Waals surface area contributed by atoms with E-state index < -0.39 is 29.4 Å². The minimum absolute atomic E-state index is 0.117. The third-order valence-electron chi connectivity index (χ3n) is 4.02. The minimum Gasteiger partial charge on any atom is -0.331 e. The smallest absolute Gasteiger partial charge is 0.255 e. The second-order valence-corrected chi connectivity index (χ2v) is 5.83. The highest BCUT2D eigenvalue weighted by Crippen LogP contribution is 2.35. The Hall–Kier alpha value is -2.01. The summed E-state index contributed by atoms with van der Waals surface area (Å²) in [6.45, 7) is 0.410. The first-order valence-corrected chi connectivity index (χ1v) is 7.57. The van der Waals surface area contributed by atoms with Crippen LogP contribution < -0.4 is 0 Å². The lowest BCUT2D eigenvalue weighted by atomic mass is 10.0. The van der Waals surface area contributed by atoms with Gasteiger partial charge in [0.1, 0.15) is 5.82 Å². The van der Waals surface area contributed by atoms with Gasteiger partial charge in [0, 0.05) is 12.1 Å². The fourth-order valence-corrected chi connectivity index (χ4v) is 3.15. The molecule has 0 bridgehead atoms. The van der Waals surface area contributed by atoms with Crippen LogP contribution in [0.25, 0.3) is 0 Å². The lowest BCUT2D eigenvalue weighted by Crippen LogP contribution is -2.31. The second-order valence-electron chi connectivity index (χ2n) is 5.42. The van der Waals surface area contributed by atoms with E-state index in [-0.39, 0.29) is 10.6 Å². The van der Waals surface area contributed by atoms with Crippen LogP contribution in [0, 0.1) is 17.5 Å². The average Bonchev–Trinajstić information content (AvgIpc) is 3.00. The van der Waals surface area contributed by atoms with Crippen LogP contribution in [-0.2, 0) is 0 Å². The molecule has 23 heavy (non-hydrogen) atoms. The highest BCUT2D eigenvalue weighted by atomic mass is 35.5. The molecule has 0 saturated carbocycles. The summed E-state index contributed by atoms with van der Waals surface area (Å²) in [6, 6.07) is 7.36. The minimum atomic E-state index is -1.14. The van der Waals surface area contributed by atoms with E-state index in [2.05, 4.69) is 0 Å². The molecule has 0 spiro atoms. The van der Waals surface area contributed by atoms with Crippen molar-refractivity contribution >= 4 is 17.5 Å². The van der Waals surface area contributed by atoms with Crippen LogP contribution in [0.15, 0.2) is 36.4 Å². The molecule has 0 aromatic heterocycles. The van der Waals surface area contributed by atoms with Crippen LogP contribution in [0.4, 0.5) is 13.2 Å². The van der Waals surface area contributed by atoms with E-state index in [9.17, 15) is 18.0 Å². The predicted molar refractivity (Wildman–Crippen MR) is 80.8 cm³/mol. The number of rotatable bonds is 2.